The van der Waals surface area contributed by atoms with Crippen molar-refractivity contribution in [3.8, 4) is 0 Å². The number of hydrogen-bond donors (Lipinski definition) is 2. The maximum atomic E-state index is 8.69. The van der Waals surface area contributed by atoms with E-state index in [1.165, 1.54) is 18.4 Å². The molecule has 0 aromatic rings. The van der Waals surface area contributed by atoms with Crippen LogP contribution in [0.3, 0.4) is 0 Å². The summed E-state index contributed by atoms with van der Waals surface area (Å²) in [5.41, 5.74) is 1.20. The zero-order valence-corrected chi connectivity index (χ0v) is 8.42. The van der Waals surface area contributed by atoms with Gasteiger partial charge in [0.2, 0.25) is 0 Å². The fourth-order valence-electron chi connectivity index (χ4n) is 1.26. The third-order valence-corrected chi connectivity index (χ3v) is 2.19. The molecule has 1 rings (SSSR count). The van der Waals surface area contributed by atoms with Gasteiger partial charge in [0, 0.05) is 25.7 Å². The Labute approximate surface area is 80.4 Å². The van der Waals surface area contributed by atoms with Crippen LogP contribution in [0.15, 0.2) is 12.2 Å². The van der Waals surface area contributed by atoms with E-state index in [0.29, 0.717) is 0 Å². The summed E-state index contributed by atoms with van der Waals surface area (Å²) >= 11 is 0. The Morgan fingerprint density at radius 3 is 2.85 bits per heavy atom. The first kappa shape index (κ1) is 10.7. The van der Waals surface area contributed by atoms with Crippen LogP contribution in [0.5, 0.6) is 0 Å². The van der Waals surface area contributed by atoms with E-state index in [0.717, 1.165) is 25.7 Å². The number of likely N-dealkylation sites (N-methyl/N-ethyl adjacent to an activating group) is 1. The summed E-state index contributed by atoms with van der Waals surface area (Å²) in [4.78, 5) is 2.08. The lowest BCUT2D eigenvalue weighted by Gasteiger charge is -2.16. The maximum absolute atomic E-state index is 8.69. The van der Waals surface area contributed by atoms with Crippen LogP contribution in [0.1, 0.15) is 12.8 Å². The number of rotatable bonds is 7. The number of nitrogens with one attached hydrogen (secondary N) is 1. The molecule has 0 spiro atoms. The molecule has 0 radical (unpaired) electrons. The Balaban J connectivity index is 2.01. The van der Waals surface area contributed by atoms with E-state index >= 15 is 0 Å². The lowest BCUT2D eigenvalue weighted by atomic mass is 10.3. The molecule has 0 atom stereocenters. The fourth-order valence-corrected chi connectivity index (χ4v) is 1.26. The van der Waals surface area contributed by atoms with Crippen molar-refractivity contribution in [2.75, 3.05) is 33.3 Å². The van der Waals surface area contributed by atoms with Crippen molar-refractivity contribution in [1.82, 2.24) is 10.2 Å². The molecule has 0 bridgehead atoms. The van der Waals surface area contributed by atoms with Crippen molar-refractivity contribution in [3.05, 3.63) is 12.2 Å². The Bertz CT molecular complexity index is 166. The molecule has 0 amide bonds. The van der Waals surface area contributed by atoms with Crippen LogP contribution in [0.25, 0.3) is 0 Å². The predicted octanol–water partition coefficient (Wildman–Crippen LogP) is 0.219. The second kappa shape index (κ2) is 5.37. The van der Waals surface area contributed by atoms with E-state index in [2.05, 4.69) is 16.8 Å². The number of aliphatic hydroxyl groups excluding tert-OH is 1. The lowest BCUT2D eigenvalue weighted by molar-refractivity contribution is 0.229. The topological polar surface area (TPSA) is 35.5 Å². The first-order valence-corrected chi connectivity index (χ1v) is 4.92. The van der Waals surface area contributed by atoms with E-state index in [1.807, 2.05) is 7.05 Å². The Morgan fingerprint density at radius 2 is 2.31 bits per heavy atom. The molecule has 3 heteroatoms. The second-order valence-corrected chi connectivity index (χ2v) is 3.87. The molecular weight excluding hydrogens is 164 g/mol. The average Bonchev–Trinajstić information content (AvgIpc) is 2.84. The summed E-state index contributed by atoms with van der Waals surface area (Å²) < 4.78 is 0. The van der Waals surface area contributed by atoms with E-state index in [4.69, 9.17) is 5.11 Å². The van der Waals surface area contributed by atoms with Crippen LogP contribution in [-0.4, -0.2) is 49.3 Å². The highest BCUT2D eigenvalue weighted by Crippen LogP contribution is 2.18. The first-order valence-electron chi connectivity index (χ1n) is 4.92. The molecule has 0 heterocycles. The molecule has 0 aliphatic heterocycles. The van der Waals surface area contributed by atoms with Gasteiger partial charge in [-0.15, -0.1) is 0 Å². The van der Waals surface area contributed by atoms with E-state index in [-0.39, 0.29) is 6.61 Å². The SMILES string of the molecule is C=C(CNC1CC1)CN(C)CCO. The second-order valence-electron chi connectivity index (χ2n) is 3.87. The Hall–Kier alpha value is -0.380. The van der Waals surface area contributed by atoms with E-state index in [1.54, 1.807) is 0 Å². The molecule has 0 unspecified atom stereocenters. The largest absolute Gasteiger partial charge is 0.395 e. The van der Waals surface area contributed by atoms with Crippen molar-refractivity contribution < 1.29 is 5.11 Å². The van der Waals surface area contributed by atoms with Crippen LogP contribution in [0.2, 0.25) is 0 Å². The minimum absolute atomic E-state index is 0.222. The summed E-state index contributed by atoms with van der Waals surface area (Å²) in [6.07, 6.45) is 2.64. The lowest BCUT2D eigenvalue weighted by Crippen LogP contribution is -2.28. The van der Waals surface area contributed by atoms with Crippen LogP contribution in [0.4, 0.5) is 0 Å². The highest BCUT2D eigenvalue weighted by atomic mass is 16.3. The summed E-state index contributed by atoms with van der Waals surface area (Å²) in [7, 11) is 2.00. The molecule has 1 saturated carbocycles. The van der Waals surface area contributed by atoms with Crippen LogP contribution >= 0.6 is 0 Å². The van der Waals surface area contributed by atoms with Gasteiger partial charge in [0.05, 0.1) is 6.61 Å². The molecule has 1 aliphatic carbocycles. The first-order chi connectivity index (χ1) is 6.22. The van der Waals surface area contributed by atoms with Gasteiger partial charge in [-0.2, -0.15) is 0 Å². The smallest absolute Gasteiger partial charge is 0.0558 e. The monoisotopic (exact) mass is 184 g/mol. The van der Waals surface area contributed by atoms with Crippen LogP contribution < -0.4 is 5.32 Å². The third-order valence-electron chi connectivity index (χ3n) is 2.19. The van der Waals surface area contributed by atoms with Gasteiger partial charge in [-0.3, -0.25) is 0 Å². The molecule has 0 saturated heterocycles. The molecule has 0 aromatic carbocycles. The molecule has 0 aromatic heterocycles. The predicted molar refractivity (Wildman–Crippen MR) is 54.7 cm³/mol. The zero-order chi connectivity index (χ0) is 9.68. The van der Waals surface area contributed by atoms with Crippen LogP contribution in [0, 0.1) is 0 Å². The highest BCUT2D eigenvalue weighted by Gasteiger charge is 2.20. The highest BCUT2D eigenvalue weighted by molar-refractivity contribution is 5.01. The van der Waals surface area contributed by atoms with E-state index in [9.17, 15) is 0 Å². The average molecular weight is 184 g/mol. The Morgan fingerprint density at radius 1 is 1.62 bits per heavy atom. The zero-order valence-electron chi connectivity index (χ0n) is 8.42. The molecule has 1 aliphatic rings. The van der Waals surface area contributed by atoms with Gasteiger partial charge in [0.15, 0.2) is 0 Å². The molecular formula is C10H20N2O. The van der Waals surface area contributed by atoms with E-state index < -0.39 is 0 Å². The summed E-state index contributed by atoms with van der Waals surface area (Å²) in [6.45, 7) is 6.73. The third kappa shape index (κ3) is 5.03. The van der Waals surface area contributed by atoms with Crippen molar-refractivity contribution in [3.63, 3.8) is 0 Å². The number of hydrogen-bond acceptors (Lipinski definition) is 3. The van der Waals surface area contributed by atoms with Crippen molar-refractivity contribution >= 4 is 0 Å². The van der Waals surface area contributed by atoms with Crippen molar-refractivity contribution in [1.29, 1.82) is 0 Å². The van der Waals surface area contributed by atoms with Crippen LogP contribution in [-0.2, 0) is 0 Å². The summed E-state index contributed by atoms with van der Waals surface area (Å²) in [5.74, 6) is 0. The molecule has 13 heavy (non-hydrogen) atoms. The van der Waals surface area contributed by atoms with Gasteiger partial charge in [-0.25, -0.2) is 0 Å². The molecule has 76 valence electrons. The van der Waals surface area contributed by atoms with Crippen molar-refractivity contribution in [2.24, 2.45) is 0 Å². The summed E-state index contributed by atoms with van der Waals surface area (Å²) in [5, 5.41) is 12.1. The normalized spacial score (nSPS) is 16.5. The van der Waals surface area contributed by atoms with Gasteiger partial charge in [-0.1, -0.05) is 6.58 Å². The molecule has 2 N–H and O–H groups in total. The van der Waals surface area contributed by atoms with Gasteiger partial charge in [0.1, 0.15) is 0 Å². The quantitative estimate of drug-likeness (QED) is 0.556. The summed E-state index contributed by atoms with van der Waals surface area (Å²) in [6, 6.07) is 0.750. The minimum Gasteiger partial charge on any atom is -0.395 e. The molecule has 1 fully saturated rings. The Kier molecular flexibility index (Phi) is 4.42. The van der Waals surface area contributed by atoms with Gasteiger partial charge in [0.25, 0.3) is 0 Å². The molecule has 3 nitrogen and oxygen atoms in total. The number of nitrogens with zero attached hydrogens (tertiary/aromatic N) is 1. The van der Waals surface area contributed by atoms with Crippen molar-refractivity contribution in [2.45, 2.75) is 18.9 Å². The van der Waals surface area contributed by atoms with Gasteiger partial charge >= 0.3 is 0 Å². The van der Waals surface area contributed by atoms with Gasteiger partial charge in [-0.05, 0) is 25.5 Å². The maximum Gasteiger partial charge on any atom is 0.0558 e. The fraction of sp³-hybridized carbons (Fsp3) is 0.800. The number of aliphatic hydroxyl groups is 1. The van der Waals surface area contributed by atoms with Gasteiger partial charge < -0.3 is 15.3 Å². The standard InChI is InChI=1S/C10H20N2O/c1-9(7-11-10-3-4-10)8-12(2)5-6-13/h10-11,13H,1,3-8H2,2H3. The minimum atomic E-state index is 0.222.